The summed E-state index contributed by atoms with van der Waals surface area (Å²) in [6, 6.07) is 6.26. The van der Waals surface area contributed by atoms with Gasteiger partial charge in [0.15, 0.2) is 0 Å². The van der Waals surface area contributed by atoms with Crippen molar-refractivity contribution in [3.8, 4) is 16.9 Å². The average Bonchev–Trinajstić information content (AvgIpc) is 3.63. The second-order valence-electron chi connectivity index (χ2n) is 10.6. The summed E-state index contributed by atoms with van der Waals surface area (Å²) in [7, 11) is 1.95. The van der Waals surface area contributed by atoms with Crippen LogP contribution in [0.1, 0.15) is 40.5 Å². The van der Waals surface area contributed by atoms with Crippen LogP contribution in [0.2, 0.25) is 0 Å². The van der Waals surface area contributed by atoms with Crippen LogP contribution in [0, 0.1) is 0 Å². The Hall–Kier alpha value is -4.72. The lowest BCUT2D eigenvalue weighted by molar-refractivity contribution is 0.0966. The number of carbonyl (C=O) groups excluding carboxylic acids is 1. The number of amides is 1. The zero-order valence-electron chi connectivity index (χ0n) is 23.7. The molecule has 210 valence electrons. The van der Waals surface area contributed by atoms with Crippen molar-refractivity contribution in [1.29, 1.82) is 0 Å². The maximum absolute atomic E-state index is 13.2. The molecule has 4 aromatic rings. The number of ether oxygens (including phenoxy) is 1. The molecule has 0 saturated carbocycles. The van der Waals surface area contributed by atoms with Crippen molar-refractivity contribution in [1.82, 2.24) is 25.0 Å². The maximum Gasteiger partial charge on any atom is 0.252 e. The van der Waals surface area contributed by atoms with Crippen LogP contribution in [0.3, 0.4) is 0 Å². The number of nitrogens with two attached hydrogens (primary N) is 1. The molecule has 2 aliphatic rings. The Labute approximate surface area is 239 Å². The van der Waals surface area contributed by atoms with E-state index in [1.807, 2.05) is 36.0 Å². The molecule has 1 aliphatic carbocycles. The van der Waals surface area contributed by atoms with Crippen molar-refractivity contribution in [2.24, 2.45) is 12.8 Å². The lowest BCUT2D eigenvalue weighted by atomic mass is 9.82. The van der Waals surface area contributed by atoms with E-state index in [9.17, 15) is 4.79 Å². The van der Waals surface area contributed by atoms with Crippen LogP contribution in [-0.4, -0.2) is 33.4 Å². The number of benzene rings is 2. The number of allylic oxidation sites excluding steroid dienone is 4. The zero-order valence-corrected chi connectivity index (χ0v) is 23.7. The van der Waals surface area contributed by atoms with Gasteiger partial charge in [-0.05, 0) is 55.2 Å². The van der Waals surface area contributed by atoms with Crippen LogP contribution >= 0.6 is 0 Å². The van der Waals surface area contributed by atoms with Gasteiger partial charge in [-0.1, -0.05) is 31.4 Å². The summed E-state index contributed by atoms with van der Waals surface area (Å²) in [5.41, 5.74) is 16.3. The molecule has 1 aliphatic heterocycles. The molecule has 2 aromatic carbocycles. The fourth-order valence-corrected chi connectivity index (χ4v) is 6.26. The third-order valence-corrected chi connectivity index (χ3v) is 7.99. The molecule has 0 spiro atoms. The highest BCUT2D eigenvalue weighted by Gasteiger charge is 2.35. The van der Waals surface area contributed by atoms with Gasteiger partial charge in [-0.2, -0.15) is 5.10 Å². The van der Waals surface area contributed by atoms with Crippen LogP contribution in [0.4, 0.5) is 0 Å². The fourth-order valence-electron chi connectivity index (χ4n) is 6.26. The van der Waals surface area contributed by atoms with E-state index in [2.05, 4.69) is 58.7 Å². The van der Waals surface area contributed by atoms with E-state index in [1.165, 1.54) is 11.1 Å². The molecule has 3 heterocycles. The van der Waals surface area contributed by atoms with Gasteiger partial charge in [0.1, 0.15) is 12.4 Å². The first-order valence-electron chi connectivity index (χ1n) is 14.1. The van der Waals surface area contributed by atoms with Crippen molar-refractivity contribution >= 4 is 27.7 Å². The monoisotopic (exact) mass is 548 g/mol. The lowest BCUT2D eigenvalue weighted by Crippen LogP contribution is -2.20. The first-order chi connectivity index (χ1) is 19.9. The number of nitrogens with one attached hydrogen (secondary N) is 2. The predicted octanol–water partition coefficient (Wildman–Crippen LogP) is 5.01. The molecule has 8 nitrogen and oxygen atoms in total. The van der Waals surface area contributed by atoms with Gasteiger partial charge in [-0.25, -0.2) is 0 Å². The van der Waals surface area contributed by atoms with Crippen LogP contribution in [0.15, 0.2) is 73.3 Å². The smallest absolute Gasteiger partial charge is 0.252 e. The molecular formula is C33H36N6O2. The summed E-state index contributed by atoms with van der Waals surface area (Å²) < 4.78 is 10.4. The van der Waals surface area contributed by atoms with Gasteiger partial charge in [0, 0.05) is 78.1 Å². The van der Waals surface area contributed by atoms with E-state index in [0.717, 1.165) is 80.8 Å². The number of rotatable bonds is 10. The van der Waals surface area contributed by atoms with Gasteiger partial charge >= 0.3 is 0 Å². The SMILES string of the molecule is C=C/C=C\C=C(/N)CCNC(=C)COc1ccc2c(c1)c1c3c(c4c(c1n2CC)CCc1nn(C)cc1-4)C(=O)NC3. The van der Waals surface area contributed by atoms with Crippen LogP contribution in [-0.2, 0) is 33.0 Å². The van der Waals surface area contributed by atoms with E-state index in [-0.39, 0.29) is 5.91 Å². The summed E-state index contributed by atoms with van der Waals surface area (Å²) in [5, 5.41) is 13.3. The van der Waals surface area contributed by atoms with Crippen molar-refractivity contribution in [3.63, 3.8) is 0 Å². The molecule has 0 atom stereocenters. The van der Waals surface area contributed by atoms with E-state index in [0.29, 0.717) is 26.1 Å². The minimum Gasteiger partial charge on any atom is -0.487 e. The number of aryl methyl sites for hydroxylation is 4. The van der Waals surface area contributed by atoms with E-state index in [1.54, 1.807) is 6.08 Å². The van der Waals surface area contributed by atoms with Crippen LogP contribution < -0.4 is 21.1 Å². The van der Waals surface area contributed by atoms with Gasteiger partial charge in [-0.15, -0.1) is 0 Å². The van der Waals surface area contributed by atoms with Gasteiger partial charge in [0.05, 0.1) is 16.8 Å². The zero-order chi connectivity index (χ0) is 28.7. The molecule has 0 radical (unpaired) electrons. The fraction of sp³-hybridized carbons (Fsp3) is 0.273. The average molecular weight is 549 g/mol. The number of hydrogen-bond acceptors (Lipinski definition) is 5. The third kappa shape index (κ3) is 4.59. The van der Waals surface area contributed by atoms with Crippen LogP contribution in [0.25, 0.3) is 32.9 Å². The number of hydrogen-bond donors (Lipinski definition) is 3. The number of nitrogens with zero attached hydrogens (tertiary/aromatic N) is 3. The Balaban J connectivity index is 1.33. The van der Waals surface area contributed by atoms with E-state index < -0.39 is 0 Å². The first-order valence-corrected chi connectivity index (χ1v) is 14.1. The number of carbonyl (C=O) groups is 1. The topological polar surface area (TPSA) is 99.1 Å². The Bertz CT molecular complexity index is 1780. The molecule has 8 heteroatoms. The second kappa shape index (κ2) is 10.7. The molecular weight excluding hydrogens is 512 g/mol. The Kier molecular flexibility index (Phi) is 6.91. The van der Waals surface area contributed by atoms with Gasteiger partial charge < -0.3 is 25.7 Å². The highest BCUT2D eigenvalue weighted by molar-refractivity contribution is 6.19. The first kappa shape index (κ1) is 26.5. The predicted molar refractivity (Wildman–Crippen MR) is 165 cm³/mol. The molecule has 6 rings (SSSR count). The summed E-state index contributed by atoms with van der Waals surface area (Å²) in [6.45, 7) is 12.3. The second-order valence-corrected chi connectivity index (χ2v) is 10.6. The lowest BCUT2D eigenvalue weighted by Gasteiger charge is -2.21. The summed E-state index contributed by atoms with van der Waals surface area (Å²) in [6.07, 6.45) is 11.8. The third-order valence-electron chi connectivity index (χ3n) is 7.99. The molecule has 4 N–H and O–H groups in total. The molecule has 0 saturated heterocycles. The van der Waals surface area contributed by atoms with Crippen LogP contribution in [0.5, 0.6) is 5.75 Å². The minimum absolute atomic E-state index is 0.00533. The molecule has 0 fully saturated rings. The maximum atomic E-state index is 13.2. The summed E-state index contributed by atoms with van der Waals surface area (Å²) in [5.74, 6) is 0.761. The van der Waals surface area contributed by atoms with E-state index in [4.69, 9.17) is 10.5 Å². The van der Waals surface area contributed by atoms with Crippen molar-refractivity contribution < 1.29 is 9.53 Å². The molecule has 1 amide bonds. The van der Waals surface area contributed by atoms with Gasteiger partial charge in [0.2, 0.25) is 0 Å². The summed E-state index contributed by atoms with van der Waals surface area (Å²) in [4.78, 5) is 13.2. The van der Waals surface area contributed by atoms with Crippen molar-refractivity contribution in [3.05, 3.63) is 95.6 Å². The van der Waals surface area contributed by atoms with Gasteiger partial charge in [0.25, 0.3) is 5.91 Å². The Morgan fingerprint density at radius 3 is 2.90 bits per heavy atom. The standard InChI is InChI=1S/C33H36N6O2/c1-5-7-8-9-21(34)14-15-35-20(3)19-41-22-10-13-28-24(16-22)30-25-17-36-33(40)31(25)29-23(32(30)39(28)6-2)11-12-27-26(29)18-38(4)37-27/h5,7-10,13,16,18,35H,1,3,6,11-12,14-15,17,19,34H2,2,4H3,(H,36,40)/b8-7-,21-9-. The molecule has 41 heavy (non-hydrogen) atoms. The number of aromatic nitrogens is 3. The number of fused-ring (bicyclic) bond motifs is 10. The van der Waals surface area contributed by atoms with Gasteiger partial charge in [-0.3, -0.25) is 9.48 Å². The highest BCUT2D eigenvalue weighted by atomic mass is 16.5. The Morgan fingerprint density at radius 2 is 2.10 bits per heavy atom. The van der Waals surface area contributed by atoms with Crippen molar-refractivity contribution in [2.75, 3.05) is 13.2 Å². The quantitative estimate of drug-likeness (QED) is 0.242. The largest absolute Gasteiger partial charge is 0.487 e. The molecule has 0 unspecified atom stereocenters. The Morgan fingerprint density at radius 1 is 1.24 bits per heavy atom. The molecule has 2 aromatic heterocycles. The minimum atomic E-state index is -0.00533. The van der Waals surface area contributed by atoms with E-state index >= 15 is 0 Å². The highest BCUT2D eigenvalue weighted by Crippen LogP contribution is 2.47. The van der Waals surface area contributed by atoms with Crippen molar-refractivity contribution in [2.45, 2.75) is 39.3 Å². The molecule has 0 bridgehead atoms. The summed E-state index contributed by atoms with van der Waals surface area (Å²) >= 11 is 0. The normalized spacial score (nSPS) is 14.3.